The van der Waals surface area contributed by atoms with Crippen molar-refractivity contribution < 1.29 is 4.79 Å². The molecule has 0 atom stereocenters. The molecule has 0 radical (unpaired) electrons. The third-order valence-corrected chi connectivity index (χ3v) is 3.54. The molecule has 1 aliphatic heterocycles. The maximum atomic E-state index is 12.3. The van der Waals surface area contributed by atoms with Crippen LogP contribution >= 0.6 is 0 Å². The molecule has 1 aromatic rings. The summed E-state index contributed by atoms with van der Waals surface area (Å²) in [4.78, 5) is 20.6. The Morgan fingerprint density at radius 1 is 1.26 bits per heavy atom. The van der Waals surface area contributed by atoms with Crippen LogP contribution in [0.5, 0.6) is 0 Å². The van der Waals surface area contributed by atoms with E-state index in [0.29, 0.717) is 6.54 Å². The summed E-state index contributed by atoms with van der Waals surface area (Å²) in [5.41, 5.74) is 1.89. The molecule has 0 unspecified atom stereocenters. The molecule has 19 heavy (non-hydrogen) atoms. The molecule has 0 N–H and O–H groups in total. The number of benzene rings is 1. The molecule has 1 amide bonds. The van der Waals surface area contributed by atoms with E-state index in [0.717, 1.165) is 36.7 Å². The number of aliphatic imine (C=N–C) groups is 1. The molecule has 1 aliphatic rings. The number of anilines is 1. The van der Waals surface area contributed by atoms with E-state index in [9.17, 15) is 4.79 Å². The number of amidine groups is 1. The van der Waals surface area contributed by atoms with Gasteiger partial charge in [-0.1, -0.05) is 0 Å². The molecular weight excluding hydrogens is 238 g/mol. The second-order valence-corrected chi connectivity index (χ2v) is 4.60. The van der Waals surface area contributed by atoms with Crippen molar-refractivity contribution in [3.05, 3.63) is 29.8 Å². The molecule has 0 aromatic heterocycles. The first-order valence-electron chi connectivity index (χ1n) is 6.85. The average molecular weight is 259 g/mol. The summed E-state index contributed by atoms with van der Waals surface area (Å²) in [5, 5.41) is 0. The van der Waals surface area contributed by atoms with Gasteiger partial charge in [0.2, 0.25) is 0 Å². The molecule has 0 spiro atoms. The van der Waals surface area contributed by atoms with Gasteiger partial charge in [-0.15, -0.1) is 0 Å². The lowest BCUT2D eigenvalue weighted by atomic mass is 10.1. The molecule has 0 aliphatic carbocycles. The molecule has 4 nitrogen and oxygen atoms in total. The summed E-state index contributed by atoms with van der Waals surface area (Å²) < 4.78 is 0. The Morgan fingerprint density at radius 3 is 2.37 bits per heavy atom. The van der Waals surface area contributed by atoms with Crippen molar-refractivity contribution >= 4 is 17.4 Å². The van der Waals surface area contributed by atoms with Gasteiger partial charge >= 0.3 is 0 Å². The van der Waals surface area contributed by atoms with E-state index in [-0.39, 0.29) is 5.91 Å². The first kappa shape index (κ1) is 13.6. The Morgan fingerprint density at radius 2 is 1.89 bits per heavy atom. The average Bonchev–Trinajstić information content (AvgIpc) is 2.86. The first-order valence-corrected chi connectivity index (χ1v) is 6.85. The third-order valence-electron chi connectivity index (χ3n) is 3.54. The van der Waals surface area contributed by atoms with Gasteiger partial charge < -0.3 is 4.90 Å². The van der Waals surface area contributed by atoms with Crippen molar-refractivity contribution in [2.45, 2.75) is 20.8 Å². The summed E-state index contributed by atoms with van der Waals surface area (Å²) in [6.07, 6.45) is 0. The van der Waals surface area contributed by atoms with Crippen LogP contribution in [0.15, 0.2) is 29.3 Å². The van der Waals surface area contributed by atoms with E-state index in [1.807, 2.05) is 31.2 Å². The van der Waals surface area contributed by atoms with Crippen molar-refractivity contribution in [2.75, 3.05) is 31.1 Å². The molecular formula is C15H21N3O. The normalized spacial score (nSPS) is 14.5. The Balaban J connectivity index is 2.14. The van der Waals surface area contributed by atoms with Crippen molar-refractivity contribution in [1.82, 2.24) is 4.90 Å². The molecule has 2 rings (SSSR count). The Labute approximate surface area is 114 Å². The summed E-state index contributed by atoms with van der Waals surface area (Å²) >= 11 is 0. The zero-order chi connectivity index (χ0) is 13.8. The van der Waals surface area contributed by atoms with Crippen LogP contribution in [0.3, 0.4) is 0 Å². The maximum absolute atomic E-state index is 12.3. The Bertz CT molecular complexity index is 475. The van der Waals surface area contributed by atoms with Crippen LogP contribution in [-0.4, -0.2) is 42.8 Å². The number of nitrogens with zero attached hydrogens (tertiary/aromatic N) is 3. The van der Waals surface area contributed by atoms with E-state index in [4.69, 9.17) is 0 Å². The largest absolute Gasteiger partial charge is 0.372 e. The van der Waals surface area contributed by atoms with E-state index in [1.165, 1.54) is 0 Å². The zero-order valence-corrected chi connectivity index (χ0v) is 11.9. The fraction of sp³-hybridized carbons (Fsp3) is 0.467. The highest BCUT2D eigenvalue weighted by Crippen LogP contribution is 2.17. The van der Waals surface area contributed by atoms with Crippen LogP contribution in [0.25, 0.3) is 0 Å². The van der Waals surface area contributed by atoms with Gasteiger partial charge in [-0.05, 0) is 45.0 Å². The van der Waals surface area contributed by atoms with Gasteiger partial charge in [-0.3, -0.25) is 14.7 Å². The monoisotopic (exact) mass is 259 g/mol. The quantitative estimate of drug-likeness (QED) is 0.832. The Hall–Kier alpha value is -1.84. The summed E-state index contributed by atoms with van der Waals surface area (Å²) in [5.74, 6) is 0.864. The van der Waals surface area contributed by atoms with E-state index in [2.05, 4.69) is 23.7 Å². The SMILES string of the molecule is CCN(CC)c1ccc(C(=O)N2CCN=C2C)cc1. The molecule has 102 valence electrons. The highest BCUT2D eigenvalue weighted by Gasteiger charge is 2.21. The predicted molar refractivity (Wildman–Crippen MR) is 79.0 cm³/mol. The molecule has 0 saturated carbocycles. The van der Waals surface area contributed by atoms with Gasteiger partial charge in [-0.25, -0.2) is 0 Å². The number of amides is 1. The van der Waals surface area contributed by atoms with Gasteiger partial charge in [0.15, 0.2) is 0 Å². The summed E-state index contributed by atoms with van der Waals surface area (Å²) in [7, 11) is 0. The zero-order valence-electron chi connectivity index (χ0n) is 11.9. The van der Waals surface area contributed by atoms with Crippen LogP contribution in [-0.2, 0) is 0 Å². The number of carbonyl (C=O) groups excluding carboxylic acids is 1. The van der Waals surface area contributed by atoms with Crippen LogP contribution < -0.4 is 4.90 Å². The number of carbonyl (C=O) groups is 1. The molecule has 0 bridgehead atoms. The van der Waals surface area contributed by atoms with Crippen LogP contribution in [0, 0.1) is 0 Å². The maximum Gasteiger partial charge on any atom is 0.259 e. The van der Waals surface area contributed by atoms with Gasteiger partial charge in [0.1, 0.15) is 5.84 Å². The highest BCUT2D eigenvalue weighted by molar-refractivity contribution is 6.06. The standard InChI is InChI=1S/C15H21N3O/c1-4-17(5-2)14-8-6-13(7-9-14)15(19)18-11-10-16-12(18)3/h6-9H,4-5,10-11H2,1-3H3. The van der Waals surface area contributed by atoms with Gasteiger partial charge in [0, 0.05) is 30.9 Å². The lowest BCUT2D eigenvalue weighted by Crippen LogP contribution is -2.32. The van der Waals surface area contributed by atoms with Crippen molar-refractivity contribution in [3.63, 3.8) is 0 Å². The molecule has 0 fully saturated rings. The van der Waals surface area contributed by atoms with Crippen LogP contribution in [0.4, 0.5) is 5.69 Å². The second kappa shape index (κ2) is 5.87. The first-order chi connectivity index (χ1) is 9.17. The molecule has 0 saturated heterocycles. The number of rotatable bonds is 4. The topological polar surface area (TPSA) is 35.9 Å². The molecule has 1 aromatic carbocycles. The predicted octanol–water partition coefficient (Wildman–Crippen LogP) is 2.41. The van der Waals surface area contributed by atoms with E-state index < -0.39 is 0 Å². The summed E-state index contributed by atoms with van der Waals surface area (Å²) in [6, 6.07) is 7.84. The van der Waals surface area contributed by atoms with Crippen LogP contribution in [0.2, 0.25) is 0 Å². The van der Waals surface area contributed by atoms with E-state index >= 15 is 0 Å². The third kappa shape index (κ3) is 2.78. The molecule has 1 heterocycles. The van der Waals surface area contributed by atoms with Crippen LogP contribution in [0.1, 0.15) is 31.1 Å². The van der Waals surface area contributed by atoms with Crippen molar-refractivity contribution in [2.24, 2.45) is 4.99 Å². The Kier molecular flexibility index (Phi) is 4.20. The second-order valence-electron chi connectivity index (χ2n) is 4.60. The lowest BCUT2D eigenvalue weighted by Gasteiger charge is -2.21. The fourth-order valence-corrected chi connectivity index (χ4v) is 2.37. The van der Waals surface area contributed by atoms with E-state index in [1.54, 1.807) is 4.90 Å². The smallest absolute Gasteiger partial charge is 0.259 e. The van der Waals surface area contributed by atoms with Gasteiger partial charge in [0.25, 0.3) is 5.91 Å². The molecule has 4 heteroatoms. The van der Waals surface area contributed by atoms with Gasteiger partial charge in [0.05, 0.1) is 6.54 Å². The highest BCUT2D eigenvalue weighted by atomic mass is 16.2. The van der Waals surface area contributed by atoms with Crippen molar-refractivity contribution in [1.29, 1.82) is 0 Å². The minimum atomic E-state index is 0.0462. The lowest BCUT2D eigenvalue weighted by molar-refractivity contribution is 0.0857. The van der Waals surface area contributed by atoms with Gasteiger partial charge in [-0.2, -0.15) is 0 Å². The van der Waals surface area contributed by atoms with Crippen molar-refractivity contribution in [3.8, 4) is 0 Å². The fourth-order valence-electron chi connectivity index (χ4n) is 2.37. The minimum Gasteiger partial charge on any atom is -0.372 e. The summed E-state index contributed by atoms with van der Waals surface area (Å²) in [6.45, 7) is 9.51. The number of hydrogen-bond donors (Lipinski definition) is 0. The number of hydrogen-bond acceptors (Lipinski definition) is 3. The minimum absolute atomic E-state index is 0.0462.